The van der Waals surface area contributed by atoms with Crippen molar-refractivity contribution in [3.8, 4) is 0 Å². The van der Waals surface area contributed by atoms with Crippen LogP contribution >= 0.6 is 11.6 Å². The molecule has 0 spiro atoms. The van der Waals surface area contributed by atoms with Gasteiger partial charge in [0.05, 0.1) is 5.75 Å². The van der Waals surface area contributed by atoms with E-state index in [9.17, 15) is 8.42 Å². The number of halogens is 1. The van der Waals surface area contributed by atoms with Crippen LogP contribution in [0.1, 0.15) is 12.2 Å². The molecule has 2 aromatic heterocycles. The minimum Gasteiger partial charge on any atom is -0.286 e. The van der Waals surface area contributed by atoms with Crippen LogP contribution in [0.5, 0.6) is 0 Å². The summed E-state index contributed by atoms with van der Waals surface area (Å²) in [4.78, 5) is 0. The standard InChI is InChI=1S/C11H15ClN4O2S/c12-6-3-9-19(17,18)13-7-5-11-15-14-10-4-1-2-8-16(10)11/h1-2,4,8,13H,3,5-7,9H2. The van der Waals surface area contributed by atoms with Crippen LogP contribution in [0.4, 0.5) is 0 Å². The maximum absolute atomic E-state index is 11.6. The van der Waals surface area contributed by atoms with Gasteiger partial charge in [0.1, 0.15) is 5.82 Å². The summed E-state index contributed by atoms with van der Waals surface area (Å²) < 4.78 is 27.5. The van der Waals surface area contributed by atoms with Gasteiger partial charge in [-0.05, 0) is 18.6 Å². The van der Waals surface area contributed by atoms with Crippen molar-refractivity contribution >= 4 is 27.3 Å². The van der Waals surface area contributed by atoms with Crippen LogP contribution in [0.3, 0.4) is 0 Å². The quantitative estimate of drug-likeness (QED) is 0.768. The van der Waals surface area contributed by atoms with Crippen molar-refractivity contribution in [1.82, 2.24) is 19.3 Å². The molecule has 2 rings (SSSR count). The molecule has 0 saturated carbocycles. The molecular weight excluding hydrogens is 288 g/mol. The first kappa shape index (κ1) is 14.2. The van der Waals surface area contributed by atoms with E-state index in [1.165, 1.54) is 0 Å². The Morgan fingerprint density at radius 3 is 2.95 bits per heavy atom. The van der Waals surface area contributed by atoms with E-state index in [-0.39, 0.29) is 5.75 Å². The highest BCUT2D eigenvalue weighted by atomic mass is 35.5. The van der Waals surface area contributed by atoms with Gasteiger partial charge in [0.25, 0.3) is 0 Å². The van der Waals surface area contributed by atoms with Crippen molar-refractivity contribution in [2.75, 3.05) is 18.2 Å². The largest absolute Gasteiger partial charge is 0.286 e. The molecule has 0 atom stereocenters. The Hall–Kier alpha value is -1.18. The highest BCUT2D eigenvalue weighted by molar-refractivity contribution is 7.89. The van der Waals surface area contributed by atoms with Crippen LogP contribution in [0.25, 0.3) is 5.65 Å². The lowest BCUT2D eigenvalue weighted by Gasteiger charge is -2.04. The molecule has 1 N–H and O–H groups in total. The lowest BCUT2D eigenvalue weighted by Crippen LogP contribution is -2.28. The molecule has 0 aliphatic heterocycles. The van der Waals surface area contributed by atoms with Gasteiger partial charge in [0.2, 0.25) is 10.0 Å². The third-order valence-electron chi connectivity index (χ3n) is 2.60. The Bertz CT molecular complexity index is 641. The second kappa shape index (κ2) is 6.31. The van der Waals surface area contributed by atoms with E-state index in [1.54, 1.807) is 0 Å². The first-order valence-corrected chi connectivity index (χ1v) is 8.13. The number of hydrogen-bond donors (Lipinski definition) is 1. The number of fused-ring (bicyclic) bond motifs is 1. The summed E-state index contributed by atoms with van der Waals surface area (Å²) in [5.74, 6) is 1.13. The van der Waals surface area contributed by atoms with Gasteiger partial charge in [-0.3, -0.25) is 4.40 Å². The van der Waals surface area contributed by atoms with Crippen LogP contribution in [-0.4, -0.2) is 41.2 Å². The number of pyridine rings is 1. The number of aromatic nitrogens is 3. The second-order valence-electron chi connectivity index (χ2n) is 4.05. The van der Waals surface area contributed by atoms with Gasteiger partial charge in [-0.15, -0.1) is 21.8 Å². The number of sulfonamides is 1. The molecule has 0 saturated heterocycles. The summed E-state index contributed by atoms with van der Waals surface area (Å²) in [6.45, 7) is 0.306. The van der Waals surface area contributed by atoms with Crippen molar-refractivity contribution in [2.45, 2.75) is 12.8 Å². The van der Waals surface area contributed by atoms with Crippen LogP contribution in [0, 0.1) is 0 Å². The van der Waals surface area contributed by atoms with Crippen molar-refractivity contribution in [1.29, 1.82) is 0 Å². The zero-order chi connectivity index (χ0) is 13.7. The van der Waals surface area contributed by atoms with Gasteiger partial charge in [-0.25, -0.2) is 13.1 Å². The van der Waals surface area contributed by atoms with E-state index in [0.29, 0.717) is 25.3 Å². The molecule has 0 radical (unpaired) electrons. The van der Waals surface area contributed by atoms with Crippen molar-refractivity contribution in [2.24, 2.45) is 0 Å². The molecule has 0 unspecified atom stereocenters. The number of hydrogen-bond acceptors (Lipinski definition) is 4. The summed E-state index contributed by atoms with van der Waals surface area (Å²) in [6.07, 6.45) is 2.79. The van der Waals surface area contributed by atoms with E-state index in [1.807, 2.05) is 28.8 Å². The SMILES string of the molecule is O=S(=O)(CCCCl)NCCc1nnc2ccccn12. The summed E-state index contributed by atoms with van der Waals surface area (Å²) in [6, 6.07) is 5.61. The molecule has 0 aliphatic carbocycles. The maximum atomic E-state index is 11.6. The summed E-state index contributed by atoms with van der Waals surface area (Å²) in [5, 5.41) is 8.04. The molecule has 6 nitrogen and oxygen atoms in total. The van der Waals surface area contributed by atoms with E-state index >= 15 is 0 Å². The molecule has 0 amide bonds. The van der Waals surface area contributed by atoms with Gasteiger partial charge in [0, 0.05) is 25.0 Å². The summed E-state index contributed by atoms with van der Waals surface area (Å²) in [5.41, 5.74) is 0.752. The Morgan fingerprint density at radius 2 is 2.16 bits per heavy atom. The number of nitrogens with zero attached hydrogens (tertiary/aromatic N) is 3. The highest BCUT2D eigenvalue weighted by Gasteiger charge is 2.10. The van der Waals surface area contributed by atoms with Gasteiger partial charge >= 0.3 is 0 Å². The topological polar surface area (TPSA) is 76.4 Å². The molecule has 0 aromatic carbocycles. The normalized spacial score (nSPS) is 12.1. The average molecular weight is 303 g/mol. The predicted molar refractivity (Wildman–Crippen MR) is 73.8 cm³/mol. The fraction of sp³-hybridized carbons (Fsp3) is 0.455. The Labute approximate surface area is 116 Å². The molecule has 0 aliphatic rings. The predicted octanol–water partition coefficient (Wildman–Crippen LogP) is 0.820. The maximum Gasteiger partial charge on any atom is 0.211 e. The molecule has 104 valence electrons. The smallest absolute Gasteiger partial charge is 0.211 e. The molecule has 2 aromatic rings. The van der Waals surface area contributed by atoms with Crippen molar-refractivity contribution < 1.29 is 8.42 Å². The zero-order valence-electron chi connectivity index (χ0n) is 10.3. The van der Waals surface area contributed by atoms with Gasteiger partial charge in [-0.1, -0.05) is 6.07 Å². The van der Waals surface area contributed by atoms with Gasteiger partial charge < -0.3 is 0 Å². The fourth-order valence-electron chi connectivity index (χ4n) is 1.70. The molecule has 0 bridgehead atoms. The van der Waals surface area contributed by atoms with Crippen LogP contribution in [-0.2, 0) is 16.4 Å². The Kier molecular flexibility index (Phi) is 4.73. The van der Waals surface area contributed by atoms with Gasteiger partial charge in [-0.2, -0.15) is 0 Å². The van der Waals surface area contributed by atoms with Crippen molar-refractivity contribution in [3.63, 3.8) is 0 Å². The average Bonchev–Trinajstić information content (AvgIpc) is 2.80. The highest BCUT2D eigenvalue weighted by Crippen LogP contribution is 2.03. The van der Waals surface area contributed by atoms with Gasteiger partial charge in [0.15, 0.2) is 5.65 Å². The molecule has 0 fully saturated rings. The fourth-order valence-corrected chi connectivity index (χ4v) is 3.07. The van der Waals surface area contributed by atoms with Crippen LogP contribution in [0.2, 0.25) is 0 Å². The first-order chi connectivity index (χ1) is 9.12. The number of nitrogens with one attached hydrogen (secondary N) is 1. The molecule has 19 heavy (non-hydrogen) atoms. The van der Waals surface area contributed by atoms with E-state index in [2.05, 4.69) is 14.9 Å². The second-order valence-corrected chi connectivity index (χ2v) is 6.36. The molecule has 8 heteroatoms. The third-order valence-corrected chi connectivity index (χ3v) is 4.34. The number of alkyl halides is 1. The minimum atomic E-state index is -3.24. The number of rotatable bonds is 7. The first-order valence-electron chi connectivity index (χ1n) is 5.94. The van der Waals surface area contributed by atoms with E-state index < -0.39 is 10.0 Å². The Morgan fingerprint density at radius 1 is 1.32 bits per heavy atom. The van der Waals surface area contributed by atoms with E-state index in [0.717, 1.165) is 11.5 Å². The van der Waals surface area contributed by atoms with Crippen LogP contribution < -0.4 is 4.72 Å². The minimum absolute atomic E-state index is 0.0527. The third kappa shape index (κ3) is 3.89. The summed E-state index contributed by atoms with van der Waals surface area (Å²) >= 11 is 5.47. The zero-order valence-corrected chi connectivity index (χ0v) is 11.9. The monoisotopic (exact) mass is 302 g/mol. The lowest BCUT2D eigenvalue weighted by molar-refractivity contribution is 0.579. The van der Waals surface area contributed by atoms with Crippen LogP contribution in [0.15, 0.2) is 24.4 Å². The van der Waals surface area contributed by atoms with E-state index in [4.69, 9.17) is 11.6 Å². The van der Waals surface area contributed by atoms with Crippen molar-refractivity contribution in [3.05, 3.63) is 30.2 Å². The lowest BCUT2D eigenvalue weighted by atomic mass is 10.4. The molecular formula is C11H15ClN4O2S. The molecule has 2 heterocycles. The summed E-state index contributed by atoms with van der Waals surface area (Å²) in [7, 11) is -3.24. The Balaban J connectivity index is 1.93.